The summed E-state index contributed by atoms with van der Waals surface area (Å²) in [5.41, 5.74) is 5.73. The van der Waals surface area contributed by atoms with Crippen molar-refractivity contribution in [2.24, 2.45) is 5.10 Å². The van der Waals surface area contributed by atoms with Gasteiger partial charge >= 0.3 is 0 Å². The highest BCUT2D eigenvalue weighted by Crippen LogP contribution is 2.35. The summed E-state index contributed by atoms with van der Waals surface area (Å²) in [6.45, 7) is 0. The lowest BCUT2D eigenvalue weighted by atomic mass is 10.2. The van der Waals surface area contributed by atoms with Crippen LogP contribution in [0, 0.1) is 0 Å². The number of fused-ring (bicyclic) bond motifs is 4. The van der Waals surface area contributed by atoms with Crippen molar-refractivity contribution in [1.82, 2.24) is 20.4 Å². The standard InChI is InChI=1S/C19H12N6S/c1-2-6-12(7-3-1)11-20-23-18-17-16(22-25-24-18)14-10-13-8-4-5-9-15(13)21-19(14)26-17/h1-11H,(H,22,23,24)/b20-11+. The topological polar surface area (TPSA) is 76.0 Å². The molecule has 0 atom stereocenters. The second-order valence-corrected chi connectivity index (χ2v) is 6.73. The van der Waals surface area contributed by atoms with Crippen molar-refractivity contribution in [3.8, 4) is 0 Å². The molecule has 2 aromatic carbocycles. The number of nitrogens with zero attached hydrogens (tertiary/aromatic N) is 5. The van der Waals surface area contributed by atoms with E-state index in [1.807, 2.05) is 54.6 Å². The van der Waals surface area contributed by atoms with Gasteiger partial charge in [-0.25, -0.2) is 4.98 Å². The maximum absolute atomic E-state index is 4.74. The summed E-state index contributed by atoms with van der Waals surface area (Å²) in [5, 5.41) is 18.5. The Kier molecular flexibility index (Phi) is 3.50. The van der Waals surface area contributed by atoms with Gasteiger partial charge < -0.3 is 0 Å². The predicted molar refractivity (Wildman–Crippen MR) is 106 cm³/mol. The van der Waals surface area contributed by atoms with Gasteiger partial charge in [0.05, 0.1) is 11.7 Å². The van der Waals surface area contributed by atoms with Gasteiger partial charge in [0, 0.05) is 10.8 Å². The molecule has 26 heavy (non-hydrogen) atoms. The summed E-state index contributed by atoms with van der Waals surface area (Å²) in [6, 6.07) is 20.0. The number of aromatic nitrogens is 4. The first kappa shape index (κ1) is 14.9. The van der Waals surface area contributed by atoms with E-state index in [1.54, 1.807) is 6.21 Å². The number of hydrogen-bond acceptors (Lipinski definition) is 7. The Bertz CT molecular complexity index is 1260. The molecule has 0 saturated carbocycles. The Morgan fingerprint density at radius 1 is 0.962 bits per heavy atom. The van der Waals surface area contributed by atoms with Crippen molar-refractivity contribution in [2.45, 2.75) is 0 Å². The Morgan fingerprint density at radius 3 is 2.73 bits per heavy atom. The average Bonchev–Trinajstić information content (AvgIpc) is 3.05. The fourth-order valence-corrected chi connectivity index (χ4v) is 3.84. The lowest BCUT2D eigenvalue weighted by Crippen LogP contribution is -1.97. The highest BCUT2D eigenvalue weighted by atomic mass is 32.1. The van der Waals surface area contributed by atoms with Gasteiger partial charge in [-0.05, 0) is 22.9 Å². The third-order valence-electron chi connectivity index (χ3n) is 4.05. The number of para-hydroxylation sites is 1. The van der Waals surface area contributed by atoms with E-state index in [0.717, 1.165) is 36.9 Å². The van der Waals surface area contributed by atoms with Crippen molar-refractivity contribution >= 4 is 54.7 Å². The molecule has 0 spiro atoms. The van der Waals surface area contributed by atoms with E-state index in [1.165, 1.54) is 11.3 Å². The molecule has 124 valence electrons. The molecule has 0 bridgehead atoms. The summed E-state index contributed by atoms with van der Waals surface area (Å²) >= 11 is 1.54. The molecular formula is C19H12N6S. The Hall–Kier alpha value is -3.45. The number of thiophene rings is 1. The van der Waals surface area contributed by atoms with Crippen LogP contribution in [0.15, 0.2) is 65.8 Å². The van der Waals surface area contributed by atoms with E-state index in [9.17, 15) is 0 Å². The van der Waals surface area contributed by atoms with Gasteiger partial charge in [0.15, 0.2) is 5.82 Å². The van der Waals surface area contributed by atoms with Gasteiger partial charge in [-0.15, -0.1) is 21.5 Å². The van der Waals surface area contributed by atoms with Crippen molar-refractivity contribution in [3.05, 3.63) is 66.2 Å². The molecule has 0 aliphatic heterocycles. The smallest absolute Gasteiger partial charge is 0.190 e. The number of rotatable bonds is 3. The number of pyridine rings is 1. The number of anilines is 1. The molecule has 0 aliphatic rings. The maximum atomic E-state index is 4.74. The normalized spacial score (nSPS) is 11.7. The van der Waals surface area contributed by atoms with E-state index < -0.39 is 0 Å². The highest BCUT2D eigenvalue weighted by Gasteiger charge is 2.13. The van der Waals surface area contributed by atoms with Crippen LogP contribution in [0.2, 0.25) is 0 Å². The average molecular weight is 356 g/mol. The van der Waals surface area contributed by atoms with Crippen LogP contribution in [-0.4, -0.2) is 26.6 Å². The molecule has 3 heterocycles. The Morgan fingerprint density at radius 2 is 1.81 bits per heavy atom. The Labute approximate surface area is 152 Å². The molecule has 0 unspecified atom stereocenters. The number of hydrazone groups is 1. The molecule has 7 heteroatoms. The first-order chi connectivity index (χ1) is 12.9. The Balaban J connectivity index is 1.60. The van der Waals surface area contributed by atoms with E-state index in [4.69, 9.17) is 4.98 Å². The largest absolute Gasteiger partial charge is 0.259 e. The van der Waals surface area contributed by atoms with Gasteiger partial charge in [-0.1, -0.05) is 48.5 Å². The van der Waals surface area contributed by atoms with Crippen LogP contribution in [0.4, 0.5) is 5.82 Å². The number of benzene rings is 2. The minimum atomic E-state index is 0.578. The lowest BCUT2D eigenvalue weighted by Gasteiger charge is -1.98. The third-order valence-corrected chi connectivity index (χ3v) is 5.14. The van der Waals surface area contributed by atoms with Gasteiger partial charge in [-0.2, -0.15) is 5.10 Å². The van der Waals surface area contributed by atoms with E-state index in [-0.39, 0.29) is 0 Å². The molecule has 0 radical (unpaired) electrons. The van der Waals surface area contributed by atoms with Gasteiger partial charge in [0.2, 0.25) is 0 Å². The fraction of sp³-hybridized carbons (Fsp3) is 0. The monoisotopic (exact) mass is 356 g/mol. The summed E-state index contributed by atoms with van der Waals surface area (Å²) in [6.07, 6.45) is 1.74. The first-order valence-electron chi connectivity index (χ1n) is 8.04. The quantitative estimate of drug-likeness (QED) is 0.387. The minimum absolute atomic E-state index is 0.578. The van der Waals surface area contributed by atoms with E-state index in [2.05, 4.69) is 32.0 Å². The summed E-state index contributed by atoms with van der Waals surface area (Å²) in [7, 11) is 0. The van der Waals surface area contributed by atoms with Crippen LogP contribution in [-0.2, 0) is 0 Å². The molecule has 3 aromatic heterocycles. The van der Waals surface area contributed by atoms with Crippen LogP contribution in [0.25, 0.3) is 31.3 Å². The number of nitrogens with one attached hydrogen (secondary N) is 1. The molecule has 0 saturated heterocycles. The summed E-state index contributed by atoms with van der Waals surface area (Å²) in [5.74, 6) is 0.578. The van der Waals surface area contributed by atoms with Crippen molar-refractivity contribution in [3.63, 3.8) is 0 Å². The fourth-order valence-electron chi connectivity index (χ4n) is 2.81. The van der Waals surface area contributed by atoms with E-state index >= 15 is 0 Å². The van der Waals surface area contributed by atoms with Crippen LogP contribution in [0.3, 0.4) is 0 Å². The molecule has 6 nitrogen and oxygen atoms in total. The van der Waals surface area contributed by atoms with E-state index in [0.29, 0.717) is 5.82 Å². The summed E-state index contributed by atoms with van der Waals surface area (Å²) in [4.78, 5) is 5.65. The van der Waals surface area contributed by atoms with Gasteiger partial charge in [-0.3, -0.25) is 5.43 Å². The second kappa shape index (κ2) is 6.12. The van der Waals surface area contributed by atoms with Crippen LogP contribution < -0.4 is 5.43 Å². The second-order valence-electron chi connectivity index (χ2n) is 5.73. The van der Waals surface area contributed by atoms with Crippen molar-refractivity contribution in [2.75, 3.05) is 5.43 Å². The third kappa shape index (κ3) is 2.55. The van der Waals surface area contributed by atoms with Crippen molar-refractivity contribution in [1.29, 1.82) is 0 Å². The zero-order valence-corrected chi connectivity index (χ0v) is 14.3. The van der Waals surface area contributed by atoms with Gasteiger partial charge in [0.1, 0.15) is 15.0 Å². The molecule has 5 aromatic rings. The van der Waals surface area contributed by atoms with Crippen LogP contribution in [0.5, 0.6) is 0 Å². The van der Waals surface area contributed by atoms with Gasteiger partial charge in [0.25, 0.3) is 0 Å². The SMILES string of the molecule is C(=N\Nc1nnnc2c1sc1nc3ccccc3cc12)/c1ccccc1. The molecule has 0 amide bonds. The molecule has 5 rings (SSSR count). The predicted octanol–water partition coefficient (Wildman–Crippen LogP) is 4.23. The zero-order chi connectivity index (χ0) is 17.3. The minimum Gasteiger partial charge on any atom is -0.259 e. The first-order valence-corrected chi connectivity index (χ1v) is 8.86. The molecule has 1 N–H and O–H groups in total. The highest BCUT2D eigenvalue weighted by molar-refractivity contribution is 7.26. The maximum Gasteiger partial charge on any atom is 0.190 e. The zero-order valence-electron chi connectivity index (χ0n) is 13.5. The lowest BCUT2D eigenvalue weighted by molar-refractivity contribution is 0.899. The van der Waals surface area contributed by atoms with Crippen molar-refractivity contribution < 1.29 is 0 Å². The molecule has 0 fully saturated rings. The molecule has 0 aliphatic carbocycles. The van der Waals surface area contributed by atoms with Crippen LogP contribution in [0.1, 0.15) is 5.56 Å². The molecular weight excluding hydrogens is 344 g/mol. The summed E-state index contributed by atoms with van der Waals surface area (Å²) < 4.78 is 0.892. The number of hydrogen-bond donors (Lipinski definition) is 1. The van der Waals surface area contributed by atoms with Crippen LogP contribution >= 0.6 is 11.3 Å².